The lowest BCUT2D eigenvalue weighted by molar-refractivity contribution is -0.143. The minimum atomic E-state index is -0.197. The van der Waals surface area contributed by atoms with E-state index < -0.39 is 0 Å². The van der Waals surface area contributed by atoms with Gasteiger partial charge in [0.2, 0.25) is 5.91 Å². The van der Waals surface area contributed by atoms with Crippen LogP contribution in [0.3, 0.4) is 0 Å². The van der Waals surface area contributed by atoms with Gasteiger partial charge in [0.05, 0.1) is 13.0 Å². The molecule has 1 unspecified atom stereocenters. The molecule has 2 N–H and O–H groups in total. The number of carbonyl (C=O) groups excluding carboxylic acids is 2. The predicted molar refractivity (Wildman–Crippen MR) is 57.4 cm³/mol. The number of hydrogen-bond acceptors (Lipinski definition) is 4. The van der Waals surface area contributed by atoms with Crippen LogP contribution in [0.5, 0.6) is 0 Å². The fraction of sp³-hybridized carbons (Fsp3) is 0.800. The van der Waals surface area contributed by atoms with E-state index in [0.717, 1.165) is 0 Å². The summed E-state index contributed by atoms with van der Waals surface area (Å²) >= 11 is 0. The van der Waals surface area contributed by atoms with Crippen LogP contribution >= 0.6 is 0 Å². The molecule has 88 valence electrons. The van der Waals surface area contributed by atoms with E-state index in [1.807, 2.05) is 6.92 Å². The highest BCUT2D eigenvalue weighted by atomic mass is 16.5. The zero-order chi connectivity index (χ0) is 11.7. The predicted octanol–water partition coefficient (Wildman–Crippen LogP) is 0.0538. The summed E-state index contributed by atoms with van der Waals surface area (Å²) in [4.78, 5) is 21.6. The van der Waals surface area contributed by atoms with Crippen LogP contribution in [0.4, 0.5) is 0 Å². The summed E-state index contributed by atoms with van der Waals surface area (Å²) in [5, 5.41) is 5.77. The molecule has 0 rings (SSSR count). The molecule has 0 saturated carbocycles. The average Bonchev–Trinajstić information content (AvgIpc) is 2.12. The molecule has 0 radical (unpaired) electrons. The fourth-order valence-corrected chi connectivity index (χ4v) is 1.10. The van der Waals surface area contributed by atoms with E-state index in [2.05, 4.69) is 10.6 Å². The zero-order valence-corrected chi connectivity index (χ0v) is 9.63. The molecular formula is C10H20N2O3. The van der Waals surface area contributed by atoms with Crippen LogP contribution in [0.25, 0.3) is 0 Å². The van der Waals surface area contributed by atoms with E-state index in [9.17, 15) is 9.59 Å². The van der Waals surface area contributed by atoms with Crippen LogP contribution in [0, 0.1) is 0 Å². The number of carbonyl (C=O) groups is 2. The van der Waals surface area contributed by atoms with E-state index in [4.69, 9.17) is 4.74 Å². The van der Waals surface area contributed by atoms with Crippen LogP contribution < -0.4 is 10.6 Å². The molecule has 1 atom stereocenters. The molecule has 0 heterocycles. The van der Waals surface area contributed by atoms with Crippen LogP contribution in [-0.2, 0) is 14.3 Å². The monoisotopic (exact) mass is 216 g/mol. The lowest BCUT2D eigenvalue weighted by atomic mass is 10.2. The Kier molecular flexibility index (Phi) is 7.62. The first-order valence-corrected chi connectivity index (χ1v) is 5.19. The smallest absolute Gasteiger partial charge is 0.307 e. The number of ether oxygens (including phenoxy) is 1. The maximum Gasteiger partial charge on any atom is 0.307 e. The van der Waals surface area contributed by atoms with Gasteiger partial charge in [-0.2, -0.15) is 0 Å². The summed E-state index contributed by atoms with van der Waals surface area (Å²) < 4.78 is 4.81. The van der Waals surface area contributed by atoms with Gasteiger partial charge >= 0.3 is 5.97 Å². The third-order valence-electron chi connectivity index (χ3n) is 1.77. The molecule has 0 spiro atoms. The Bertz CT molecular complexity index is 207. The molecule has 0 aromatic heterocycles. The van der Waals surface area contributed by atoms with Gasteiger partial charge in [0, 0.05) is 26.1 Å². The summed E-state index contributed by atoms with van der Waals surface area (Å²) in [5.74, 6) is -0.244. The minimum Gasteiger partial charge on any atom is -0.466 e. The Morgan fingerprint density at radius 3 is 2.53 bits per heavy atom. The topological polar surface area (TPSA) is 67.4 Å². The van der Waals surface area contributed by atoms with Crippen molar-refractivity contribution in [2.24, 2.45) is 0 Å². The summed E-state index contributed by atoms with van der Waals surface area (Å²) in [6.07, 6.45) is 0.355. The lowest BCUT2D eigenvalue weighted by Gasteiger charge is -2.12. The normalized spacial score (nSPS) is 11.9. The molecule has 0 aliphatic heterocycles. The van der Waals surface area contributed by atoms with Crippen molar-refractivity contribution in [3.05, 3.63) is 0 Å². The second-order valence-corrected chi connectivity index (χ2v) is 3.35. The van der Waals surface area contributed by atoms with Gasteiger partial charge in [0.25, 0.3) is 0 Å². The second kappa shape index (κ2) is 8.23. The molecule has 0 aromatic carbocycles. The Morgan fingerprint density at radius 1 is 1.33 bits per heavy atom. The highest BCUT2D eigenvalue weighted by molar-refractivity contribution is 5.72. The van der Waals surface area contributed by atoms with Crippen molar-refractivity contribution in [1.82, 2.24) is 10.6 Å². The Hall–Kier alpha value is -1.10. The number of amides is 1. The van der Waals surface area contributed by atoms with Crippen molar-refractivity contribution < 1.29 is 14.3 Å². The summed E-state index contributed by atoms with van der Waals surface area (Å²) in [6, 6.07) is 0.0674. The van der Waals surface area contributed by atoms with Crippen molar-refractivity contribution in [3.8, 4) is 0 Å². The third kappa shape index (κ3) is 9.21. The first-order valence-electron chi connectivity index (χ1n) is 5.19. The van der Waals surface area contributed by atoms with E-state index in [-0.39, 0.29) is 17.9 Å². The average molecular weight is 216 g/mol. The number of rotatable bonds is 7. The SMILES string of the molecule is CCOC(=O)CC(C)NCCNC(C)=O. The third-order valence-corrected chi connectivity index (χ3v) is 1.77. The molecule has 5 nitrogen and oxygen atoms in total. The molecule has 15 heavy (non-hydrogen) atoms. The molecule has 0 bridgehead atoms. The van der Waals surface area contributed by atoms with Crippen LogP contribution in [0.2, 0.25) is 0 Å². The van der Waals surface area contributed by atoms with Gasteiger partial charge in [-0.25, -0.2) is 0 Å². The number of esters is 1. The standard InChI is InChI=1S/C10H20N2O3/c1-4-15-10(14)7-8(2)11-5-6-12-9(3)13/h8,11H,4-7H2,1-3H3,(H,12,13). The number of nitrogens with one attached hydrogen (secondary N) is 2. The van der Waals surface area contributed by atoms with Gasteiger partial charge in [0.15, 0.2) is 0 Å². The molecule has 0 aliphatic carbocycles. The highest BCUT2D eigenvalue weighted by Gasteiger charge is 2.08. The van der Waals surface area contributed by atoms with E-state index >= 15 is 0 Å². The summed E-state index contributed by atoms with van der Waals surface area (Å²) in [7, 11) is 0. The zero-order valence-electron chi connectivity index (χ0n) is 9.63. The van der Waals surface area contributed by atoms with Crippen LogP contribution in [-0.4, -0.2) is 37.6 Å². The molecule has 1 amide bonds. The Labute approximate surface area is 90.6 Å². The molecule has 0 fully saturated rings. The van der Waals surface area contributed by atoms with Gasteiger partial charge in [-0.15, -0.1) is 0 Å². The Morgan fingerprint density at radius 2 is 2.00 bits per heavy atom. The van der Waals surface area contributed by atoms with Crippen molar-refractivity contribution in [1.29, 1.82) is 0 Å². The van der Waals surface area contributed by atoms with Gasteiger partial charge in [0.1, 0.15) is 0 Å². The van der Waals surface area contributed by atoms with E-state index in [1.165, 1.54) is 6.92 Å². The van der Waals surface area contributed by atoms with Crippen molar-refractivity contribution >= 4 is 11.9 Å². The molecule has 5 heteroatoms. The second-order valence-electron chi connectivity index (χ2n) is 3.35. The number of hydrogen-bond donors (Lipinski definition) is 2. The van der Waals surface area contributed by atoms with Crippen molar-refractivity contribution in [2.75, 3.05) is 19.7 Å². The Balaban J connectivity index is 3.44. The first kappa shape index (κ1) is 13.9. The van der Waals surface area contributed by atoms with Crippen LogP contribution in [0.1, 0.15) is 27.2 Å². The molecule has 0 saturated heterocycles. The van der Waals surface area contributed by atoms with Crippen LogP contribution in [0.15, 0.2) is 0 Å². The summed E-state index contributed by atoms with van der Waals surface area (Å²) in [5.41, 5.74) is 0. The largest absolute Gasteiger partial charge is 0.466 e. The van der Waals surface area contributed by atoms with E-state index in [0.29, 0.717) is 26.1 Å². The molecule has 0 aliphatic rings. The lowest BCUT2D eigenvalue weighted by Crippen LogP contribution is -2.36. The molecular weight excluding hydrogens is 196 g/mol. The van der Waals surface area contributed by atoms with Gasteiger partial charge in [-0.1, -0.05) is 0 Å². The van der Waals surface area contributed by atoms with Crippen molar-refractivity contribution in [3.63, 3.8) is 0 Å². The quantitative estimate of drug-likeness (QED) is 0.466. The summed E-state index contributed by atoms with van der Waals surface area (Å²) in [6.45, 7) is 6.81. The maximum absolute atomic E-state index is 11.1. The van der Waals surface area contributed by atoms with Gasteiger partial charge in [-0.05, 0) is 13.8 Å². The first-order chi connectivity index (χ1) is 7.06. The minimum absolute atomic E-state index is 0.0464. The molecule has 0 aromatic rings. The fourth-order valence-electron chi connectivity index (χ4n) is 1.10. The van der Waals surface area contributed by atoms with Gasteiger partial charge in [-0.3, -0.25) is 9.59 Å². The van der Waals surface area contributed by atoms with Crippen molar-refractivity contribution in [2.45, 2.75) is 33.2 Å². The van der Waals surface area contributed by atoms with E-state index in [1.54, 1.807) is 6.92 Å². The highest BCUT2D eigenvalue weighted by Crippen LogP contribution is 1.93. The maximum atomic E-state index is 11.1. The van der Waals surface area contributed by atoms with Gasteiger partial charge < -0.3 is 15.4 Å².